The second-order valence-electron chi connectivity index (χ2n) is 5.33. The van der Waals surface area contributed by atoms with Crippen LogP contribution in [-0.4, -0.2) is 16.2 Å². The van der Waals surface area contributed by atoms with Crippen molar-refractivity contribution in [1.82, 2.24) is 0 Å². The molecule has 1 atom stereocenters. The summed E-state index contributed by atoms with van der Waals surface area (Å²) in [6.45, 7) is 2.01. The summed E-state index contributed by atoms with van der Waals surface area (Å²) in [6, 6.07) is 1.36. The van der Waals surface area contributed by atoms with Crippen LogP contribution in [0.1, 0.15) is 54.0 Å². The van der Waals surface area contributed by atoms with Crippen molar-refractivity contribution < 1.29 is 15.0 Å². The molecule has 1 unspecified atom stereocenters. The molecule has 0 saturated carbocycles. The van der Waals surface area contributed by atoms with E-state index in [4.69, 9.17) is 10.8 Å². The summed E-state index contributed by atoms with van der Waals surface area (Å²) in [5, 5.41) is 18.9. The zero-order chi connectivity index (χ0) is 14.0. The smallest absolute Gasteiger partial charge is 0.303 e. The number of phenolic OH excluding ortho intramolecular Hbond substituents is 1. The molecule has 0 bridgehead atoms. The lowest BCUT2D eigenvalue weighted by molar-refractivity contribution is -0.137. The van der Waals surface area contributed by atoms with Gasteiger partial charge in [0.25, 0.3) is 0 Å². The second-order valence-corrected chi connectivity index (χ2v) is 5.33. The number of benzene rings is 1. The van der Waals surface area contributed by atoms with Gasteiger partial charge < -0.3 is 15.9 Å². The third-order valence-electron chi connectivity index (χ3n) is 3.94. The van der Waals surface area contributed by atoms with Crippen molar-refractivity contribution in [3.05, 3.63) is 28.3 Å². The van der Waals surface area contributed by atoms with Gasteiger partial charge in [0, 0.05) is 18.0 Å². The summed E-state index contributed by atoms with van der Waals surface area (Å²) in [7, 11) is 0. The summed E-state index contributed by atoms with van der Waals surface area (Å²) < 4.78 is 0. The number of rotatable bonds is 4. The lowest BCUT2D eigenvalue weighted by Crippen LogP contribution is -2.18. The zero-order valence-corrected chi connectivity index (χ0v) is 11.3. The van der Waals surface area contributed by atoms with Crippen molar-refractivity contribution in [3.63, 3.8) is 0 Å². The van der Waals surface area contributed by atoms with Gasteiger partial charge in [0.2, 0.25) is 0 Å². The van der Waals surface area contributed by atoms with Crippen LogP contribution in [0.2, 0.25) is 0 Å². The summed E-state index contributed by atoms with van der Waals surface area (Å²) in [4.78, 5) is 10.6. The number of aliphatic carboxylic acids is 1. The molecule has 19 heavy (non-hydrogen) atoms. The molecule has 0 fully saturated rings. The molecule has 2 rings (SSSR count). The highest BCUT2D eigenvalue weighted by atomic mass is 16.4. The summed E-state index contributed by atoms with van der Waals surface area (Å²) in [6.07, 6.45) is 4.62. The van der Waals surface area contributed by atoms with Gasteiger partial charge in [-0.3, -0.25) is 4.79 Å². The molecule has 1 aromatic rings. The van der Waals surface area contributed by atoms with Crippen molar-refractivity contribution in [2.75, 3.05) is 0 Å². The fourth-order valence-electron chi connectivity index (χ4n) is 3.00. The Balaban J connectivity index is 2.36. The molecule has 4 N–H and O–H groups in total. The maximum absolute atomic E-state index is 10.6. The van der Waals surface area contributed by atoms with Crippen LogP contribution < -0.4 is 5.73 Å². The van der Waals surface area contributed by atoms with Crippen LogP contribution in [-0.2, 0) is 17.6 Å². The number of nitrogens with two attached hydrogens (primary N) is 1. The van der Waals surface area contributed by atoms with Crippen molar-refractivity contribution in [2.24, 2.45) is 5.73 Å². The number of fused-ring (bicyclic) bond motifs is 1. The highest BCUT2D eigenvalue weighted by molar-refractivity contribution is 5.66. The predicted octanol–water partition coefficient (Wildman–Crippen LogP) is 2.44. The van der Waals surface area contributed by atoms with Crippen molar-refractivity contribution in [1.29, 1.82) is 0 Å². The van der Waals surface area contributed by atoms with Crippen LogP contribution in [0.3, 0.4) is 0 Å². The molecule has 0 radical (unpaired) electrons. The maximum atomic E-state index is 10.6. The van der Waals surface area contributed by atoms with E-state index in [0.29, 0.717) is 6.42 Å². The summed E-state index contributed by atoms with van der Waals surface area (Å²) >= 11 is 0. The van der Waals surface area contributed by atoms with E-state index in [2.05, 4.69) is 0 Å². The molecule has 0 spiro atoms. The number of aromatic hydroxyl groups is 1. The minimum Gasteiger partial charge on any atom is -0.508 e. The Morgan fingerprint density at radius 3 is 2.63 bits per heavy atom. The first kappa shape index (κ1) is 13.9. The van der Waals surface area contributed by atoms with Crippen molar-refractivity contribution in [3.8, 4) is 5.75 Å². The molecular formula is C15H21NO3. The molecule has 0 amide bonds. The van der Waals surface area contributed by atoms with Crippen molar-refractivity contribution >= 4 is 5.97 Å². The third kappa shape index (κ3) is 2.89. The minimum absolute atomic E-state index is 0.0310. The monoisotopic (exact) mass is 263 g/mol. The molecule has 1 aromatic carbocycles. The van der Waals surface area contributed by atoms with Crippen molar-refractivity contribution in [2.45, 2.75) is 51.5 Å². The minimum atomic E-state index is -0.851. The fraction of sp³-hybridized carbons (Fsp3) is 0.533. The predicted molar refractivity (Wildman–Crippen MR) is 73.3 cm³/mol. The molecule has 0 saturated heterocycles. The van der Waals surface area contributed by atoms with Crippen LogP contribution in [0.4, 0.5) is 0 Å². The highest BCUT2D eigenvalue weighted by Gasteiger charge is 2.23. The van der Waals surface area contributed by atoms with E-state index in [-0.39, 0.29) is 12.2 Å². The van der Waals surface area contributed by atoms with Crippen LogP contribution in [0, 0.1) is 6.92 Å². The van der Waals surface area contributed by atoms with Gasteiger partial charge in [-0.15, -0.1) is 0 Å². The van der Waals surface area contributed by atoms with Crippen LogP contribution in [0.5, 0.6) is 5.75 Å². The van der Waals surface area contributed by atoms with Crippen LogP contribution >= 0.6 is 0 Å². The average Bonchev–Trinajstić information content (AvgIpc) is 2.36. The maximum Gasteiger partial charge on any atom is 0.303 e. The Morgan fingerprint density at radius 1 is 1.37 bits per heavy atom. The van der Waals surface area contributed by atoms with Crippen LogP contribution in [0.25, 0.3) is 0 Å². The molecule has 4 heteroatoms. The number of hydrogen-bond acceptors (Lipinski definition) is 3. The lowest BCUT2D eigenvalue weighted by atomic mass is 9.82. The molecule has 1 aliphatic carbocycles. The van der Waals surface area contributed by atoms with Gasteiger partial charge in [-0.2, -0.15) is 0 Å². The van der Waals surface area contributed by atoms with Gasteiger partial charge >= 0.3 is 5.97 Å². The van der Waals surface area contributed by atoms with E-state index in [1.165, 1.54) is 12.0 Å². The summed E-state index contributed by atoms with van der Waals surface area (Å²) in [5.74, 6) is -0.632. The van der Waals surface area contributed by atoms with E-state index in [9.17, 15) is 9.90 Å². The third-order valence-corrected chi connectivity index (χ3v) is 3.94. The molecule has 0 heterocycles. The first-order valence-electron chi connectivity index (χ1n) is 6.82. The van der Waals surface area contributed by atoms with E-state index >= 15 is 0 Å². The molecule has 4 nitrogen and oxygen atoms in total. The quantitative estimate of drug-likeness (QED) is 0.779. The SMILES string of the molecule is Cc1cc(O)c(C(N)CCC(=O)O)c2c1CCCC2. The van der Waals surface area contributed by atoms with E-state index in [0.717, 1.165) is 36.0 Å². The first-order valence-corrected chi connectivity index (χ1v) is 6.82. The van der Waals surface area contributed by atoms with Gasteiger partial charge in [0.1, 0.15) is 5.75 Å². The standard InChI is InChI=1S/C15H21NO3/c1-9-8-13(17)15(12(16)6-7-14(18)19)11-5-3-2-4-10(9)11/h8,12,17H,2-7,16H2,1H3,(H,18,19). The summed E-state index contributed by atoms with van der Waals surface area (Å²) in [5.41, 5.74) is 10.4. The molecule has 0 aliphatic heterocycles. The topological polar surface area (TPSA) is 83.5 Å². The van der Waals surface area contributed by atoms with Gasteiger partial charge in [-0.25, -0.2) is 0 Å². The van der Waals surface area contributed by atoms with Crippen LogP contribution in [0.15, 0.2) is 6.07 Å². The molecule has 104 valence electrons. The highest BCUT2D eigenvalue weighted by Crippen LogP contribution is 2.37. The number of hydrogen-bond donors (Lipinski definition) is 3. The molecule has 0 aromatic heterocycles. The van der Waals surface area contributed by atoms with Gasteiger partial charge in [-0.05, 0) is 61.8 Å². The number of carboxylic acid groups (broad SMARTS) is 1. The Hall–Kier alpha value is -1.55. The Bertz CT molecular complexity index is 497. The Kier molecular flexibility index (Phi) is 4.10. The van der Waals surface area contributed by atoms with Gasteiger partial charge in [0.15, 0.2) is 0 Å². The average molecular weight is 263 g/mol. The zero-order valence-electron chi connectivity index (χ0n) is 11.3. The normalized spacial score (nSPS) is 15.9. The number of phenols is 1. The van der Waals surface area contributed by atoms with Gasteiger partial charge in [-0.1, -0.05) is 0 Å². The lowest BCUT2D eigenvalue weighted by Gasteiger charge is -2.25. The van der Waals surface area contributed by atoms with E-state index in [1.807, 2.05) is 6.92 Å². The van der Waals surface area contributed by atoms with E-state index < -0.39 is 12.0 Å². The first-order chi connectivity index (χ1) is 9.00. The molecule has 1 aliphatic rings. The Morgan fingerprint density at radius 2 is 2.00 bits per heavy atom. The van der Waals surface area contributed by atoms with E-state index in [1.54, 1.807) is 6.07 Å². The second kappa shape index (κ2) is 5.61. The van der Waals surface area contributed by atoms with Gasteiger partial charge in [0.05, 0.1) is 0 Å². The number of aryl methyl sites for hydroxylation is 1. The number of carbonyl (C=O) groups is 1. The fourth-order valence-corrected chi connectivity index (χ4v) is 3.00. The number of carboxylic acids is 1. The molecular weight excluding hydrogens is 242 g/mol. The largest absolute Gasteiger partial charge is 0.508 e. The Labute approximate surface area is 113 Å².